The molecule has 3 nitrogen and oxygen atoms in total. The van der Waals surface area contributed by atoms with Gasteiger partial charge in [-0.2, -0.15) is 0 Å². The summed E-state index contributed by atoms with van der Waals surface area (Å²) in [6.07, 6.45) is 5.85. The molecule has 0 saturated carbocycles. The summed E-state index contributed by atoms with van der Waals surface area (Å²) in [6, 6.07) is 5.97. The molecule has 1 aliphatic heterocycles. The Kier molecular flexibility index (Phi) is 6.49. The van der Waals surface area contributed by atoms with E-state index in [1.807, 2.05) is 12.1 Å². The highest BCUT2D eigenvalue weighted by Gasteiger charge is 2.32. The number of benzene rings is 1. The van der Waals surface area contributed by atoms with Gasteiger partial charge in [0.05, 0.1) is 12.4 Å². The van der Waals surface area contributed by atoms with Gasteiger partial charge in [-0.3, -0.25) is 9.59 Å². The predicted molar refractivity (Wildman–Crippen MR) is 90.5 cm³/mol. The van der Waals surface area contributed by atoms with E-state index in [9.17, 15) is 9.59 Å². The average Bonchev–Trinajstić information content (AvgIpc) is 2.52. The van der Waals surface area contributed by atoms with E-state index in [0.29, 0.717) is 17.9 Å². The summed E-state index contributed by atoms with van der Waals surface area (Å²) in [5.74, 6) is 0.239. The van der Waals surface area contributed by atoms with Gasteiger partial charge in [0.15, 0.2) is 5.78 Å². The molecule has 22 heavy (non-hydrogen) atoms. The van der Waals surface area contributed by atoms with E-state index in [-0.39, 0.29) is 17.0 Å². The number of ketones is 1. The maximum absolute atomic E-state index is 12.2. The van der Waals surface area contributed by atoms with E-state index < -0.39 is 0 Å². The van der Waals surface area contributed by atoms with Crippen molar-refractivity contribution in [2.45, 2.75) is 51.2 Å². The normalized spacial score (nSPS) is 17.2. The molecule has 1 atom stereocenters. The highest BCUT2D eigenvalue weighted by atomic mass is 32.2. The number of carbonyl (C=O) groups is 2. The number of aryl methyl sites for hydroxylation is 1. The molecule has 2 rings (SSSR count). The first-order chi connectivity index (χ1) is 10.7. The van der Waals surface area contributed by atoms with Gasteiger partial charge in [-0.25, -0.2) is 0 Å². The zero-order valence-electron chi connectivity index (χ0n) is 13.4. The molecule has 0 radical (unpaired) electrons. The van der Waals surface area contributed by atoms with Crippen LogP contribution in [0.3, 0.4) is 0 Å². The maximum atomic E-state index is 12.2. The predicted octanol–water partition coefficient (Wildman–Crippen LogP) is 4.34. The summed E-state index contributed by atoms with van der Waals surface area (Å²) < 4.78 is 5.12. The van der Waals surface area contributed by atoms with Gasteiger partial charge in [0.2, 0.25) is 0 Å². The summed E-state index contributed by atoms with van der Waals surface area (Å²) in [4.78, 5) is 24.2. The topological polar surface area (TPSA) is 43.4 Å². The molecule has 0 amide bonds. The molecule has 0 bridgehead atoms. The average molecular weight is 320 g/mol. The Morgan fingerprint density at radius 2 is 2.09 bits per heavy atom. The van der Waals surface area contributed by atoms with Gasteiger partial charge < -0.3 is 4.74 Å². The first kappa shape index (κ1) is 17.1. The number of unbranched alkanes of at least 4 members (excludes halogenated alkanes) is 3. The van der Waals surface area contributed by atoms with Crippen LogP contribution >= 0.6 is 11.8 Å². The highest BCUT2D eigenvalue weighted by molar-refractivity contribution is 8.01. The number of Topliss-reactive ketones (excluding diaryl/α,β-unsaturated/α-hetero) is 1. The zero-order chi connectivity index (χ0) is 15.9. The van der Waals surface area contributed by atoms with Gasteiger partial charge in [-0.15, -0.1) is 11.8 Å². The molecule has 0 saturated heterocycles. The fraction of sp³-hybridized carbons (Fsp3) is 0.556. The molecule has 1 aromatic rings. The Bertz CT molecular complexity index is 539. The third-order valence-corrected chi connectivity index (χ3v) is 5.11. The van der Waals surface area contributed by atoms with Gasteiger partial charge in [0.1, 0.15) is 5.25 Å². The molecule has 0 fully saturated rings. The summed E-state index contributed by atoms with van der Waals surface area (Å²) in [6.45, 7) is 4.37. The molecule has 4 heteroatoms. The van der Waals surface area contributed by atoms with E-state index in [2.05, 4.69) is 13.0 Å². The quantitative estimate of drug-likeness (QED) is 0.553. The lowest BCUT2D eigenvalue weighted by Gasteiger charge is -2.23. The molecule has 0 spiro atoms. The number of esters is 1. The van der Waals surface area contributed by atoms with Gasteiger partial charge in [0, 0.05) is 5.56 Å². The number of carbonyl (C=O) groups excluding carboxylic acids is 2. The number of rotatable bonds is 7. The van der Waals surface area contributed by atoms with Crippen molar-refractivity contribution in [1.29, 1.82) is 0 Å². The molecular formula is C18H24O3S. The third kappa shape index (κ3) is 4.13. The Balaban J connectivity index is 2.14. The zero-order valence-corrected chi connectivity index (χ0v) is 14.2. The molecular weight excluding hydrogens is 296 g/mol. The minimum Gasteiger partial charge on any atom is -0.465 e. The van der Waals surface area contributed by atoms with Gasteiger partial charge in [-0.1, -0.05) is 38.3 Å². The van der Waals surface area contributed by atoms with Crippen molar-refractivity contribution in [3.05, 3.63) is 34.9 Å². The van der Waals surface area contributed by atoms with Gasteiger partial charge in [0.25, 0.3) is 0 Å². The van der Waals surface area contributed by atoms with Crippen molar-refractivity contribution < 1.29 is 14.3 Å². The lowest BCUT2D eigenvalue weighted by molar-refractivity contribution is -0.142. The second-order valence-electron chi connectivity index (χ2n) is 5.60. The molecule has 0 aromatic heterocycles. The minimum atomic E-state index is -0.359. The third-order valence-electron chi connectivity index (χ3n) is 3.90. The van der Waals surface area contributed by atoms with E-state index in [4.69, 9.17) is 4.74 Å². The molecule has 1 unspecified atom stereocenters. The number of thioether (sulfide) groups is 1. The smallest absolute Gasteiger partial charge is 0.323 e. The molecule has 1 aliphatic rings. The van der Waals surface area contributed by atoms with Crippen LogP contribution in [0.15, 0.2) is 18.2 Å². The number of hydrogen-bond acceptors (Lipinski definition) is 4. The lowest BCUT2D eigenvalue weighted by Crippen LogP contribution is -2.23. The SMILES string of the molecule is CCCCCCc1ccc2c(c1)C(=O)CSC2C(=O)OCC. The monoisotopic (exact) mass is 320 g/mol. The summed E-state index contributed by atoms with van der Waals surface area (Å²) in [7, 11) is 0. The molecule has 1 aromatic carbocycles. The molecule has 120 valence electrons. The van der Waals surface area contributed by atoms with Crippen LogP contribution in [-0.2, 0) is 16.0 Å². The minimum absolute atomic E-state index is 0.121. The summed E-state index contributed by atoms with van der Waals surface area (Å²) in [5, 5.41) is -0.359. The molecule has 1 heterocycles. The fourth-order valence-electron chi connectivity index (χ4n) is 2.72. The first-order valence-corrected chi connectivity index (χ1v) is 9.16. The standard InChI is InChI=1S/C18H24O3S/c1-3-5-6-7-8-13-9-10-14-15(11-13)16(19)12-22-17(14)18(20)21-4-2/h9-11,17H,3-8,12H2,1-2H3. The Morgan fingerprint density at radius 3 is 2.82 bits per heavy atom. The summed E-state index contributed by atoms with van der Waals surface area (Å²) >= 11 is 1.37. The number of fused-ring (bicyclic) bond motifs is 1. The Morgan fingerprint density at radius 1 is 1.27 bits per heavy atom. The number of ether oxygens (including phenoxy) is 1. The first-order valence-electron chi connectivity index (χ1n) is 8.11. The van der Waals surface area contributed by atoms with E-state index in [1.54, 1.807) is 6.92 Å². The molecule has 0 aliphatic carbocycles. The largest absolute Gasteiger partial charge is 0.465 e. The van der Waals surface area contributed by atoms with E-state index in [1.165, 1.54) is 36.6 Å². The van der Waals surface area contributed by atoms with Crippen molar-refractivity contribution in [2.24, 2.45) is 0 Å². The fourth-order valence-corrected chi connectivity index (χ4v) is 3.79. The molecule has 0 N–H and O–H groups in total. The van der Waals surface area contributed by atoms with Gasteiger partial charge >= 0.3 is 5.97 Å². The van der Waals surface area contributed by atoms with Crippen molar-refractivity contribution in [3.63, 3.8) is 0 Å². The van der Waals surface area contributed by atoms with Crippen LogP contribution < -0.4 is 0 Å². The van der Waals surface area contributed by atoms with Crippen molar-refractivity contribution in [2.75, 3.05) is 12.4 Å². The van der Waals surface area contributed by atoms with Crippen molar-refractivity contribution >= 4 is 23.5 Å². The van der Waals surface area contributed by atoms with Crippen LogP contribution in [0, 0.1) is 0 Å². The Hall–Kier alpha value is -1.29. The van der Waals surface area contributed by atoms with Crippen molar-refractivity contribution in [3.8, 4) is 0 Å². The maximum Gasteiger partial charge on any atom is 0.323 e. The van der Waals surface area contributed by atoms with Crippen molar-refractivity contribution in [1.82, 2.24) is 0 Å². The lowest BCUT2D eigenvalue weighted by atomic mass is 9.95. The Labute approximate surface area is 136 Å². The highest BCUT2D eigenvalue weighted by Crippen LogP contribution is 2.38. The summed E-state index contributed by atoms with van der Waals surface area (Å²) in [5.41, 5.74) is 2.72. The van der Waals surface area contributed by atoms with Crippen LogP contribution in [-0.4, -0.2) is 24.1 Å². The van der Waals surface area contributed by atoms with Gasteiger partial charge in [-0.05, 0) is 37.0 Å². The second kappa shape index (κ2) is 8.37. The van der Waals surface area contributed by atoms with Crippen LogP contribution in [0.5, 0.6) is 0 Å². The van der Waals surface area contributed by atoms with Crippen LogP contribution in [0.4, 0.5) is 0 Å². The van der Waals surface area contributed by atoms with Crippen LogP contribution in [0.25, 0.3) is 0 Å². The van der Waals surface area contributed by atoms with E-state index in [0.717, 1.165) is 18.4 Å². The number of hydrogen-bond donors (Lipinski definition) is 0. The van der Waals surface area contributed by atoms with Crippen LogP contribution in [0.2, 0.25) is 0 Å². The van der Waals surface area contributed by atoms with Crippen LogP contribution in [0.1, 0.15) is 66.3 Å². The van der Waals surface area contributed by atoms with E-state index >= 15 is 0 Å². The second-order valence-corrected chi connectivity index (χ2v) is 6.69.